The summed E-state index contributed by atoms with van der Waals surface area (Å²) < 4.78 is 5.62. The van der Waals surface area contributed by atoms with Crippen LogP contribution in [0.3, 0.4) is 0 Å². The van der Waals surface area contributed by atoms with Crippen molar-refractivity contribution >= 4 is 17.8 Å². The third kappa shape index (κ3) is 5.56. The SMILES string of the molecule is CCCOc1ccccc1/C=C/CON=C(C)C(=O)O. The molecule has 108 valence electrons. The van der Waals surface area contributed by atoms with Crippen molar-refractivity contribution in [1.82, 2.24) is 0 Å². The summed E-state index contributed by atoms with van der Waals surface area (Å²) in [5, 5.41) is 12.1. The van der Waals surface area contributed by atoms with Crippen LogP contribution in [-0.4, -0.2) is 30.0 Å². The number of nitrogens with zero attached hydrogens (tertiary/aromatic N) is 1. The Bertz CT molecular complexity index is 494. The van der Waals surface area contributed by atoms with Crippen LogP contribution in [0.5, 0.6) is 5.75 Å². The molecule has 1 rings (SSSR count). The van der Waals surface area contributed by atoms with Gasteiger partial charge in [0, 0.05) is 5.56 Å². The predicted molar refractivity (Wildman–Crippen MR) is 78.0 cm³/mol. The van der Waals surface area contributed by atoms with Gasteiger partial charge in [0.05, 0.1) is 6.61 Å². The normalized spacial score (nSPS) is 11.6. The molecule has 0 amide bonds. The lowest BCUT2D eigenvalue weighted by Crippen LogP contribution is -2.08. The fourth-order valence-electron chi connectivity index (χ4n) is 1.35. The van der Waals surface area contributed by atoms with Crippen LogP contribution in [0.15, 0.2) is 35.5 Å². The fourth-order valence-corrected chi connectivity index (χ4v) is 1.35. The van der Waals surface area contributed by atoms with Crippen LogP contribution in [-0.2, 0) is 9.63 Å². The first kappa shape index (κ1) is 15.8. The van der Waals surface area contributed by atoms with Crippen molar-refractivity contribution < 1.29 is 19.5 Å². The lowest BCUT2D eigenvalue weighted by Gasteiger charge is -2.07. The van der Waals surface area contributed by atoms with Crippen LogP contribution >= 0.6 is 0 Å². The number of oxime groups is 1. The van der Waals surface area contributed by atoms with E-state index >= 15 is 0 Å². The molecule has 1 aromatic carbocycles. The highest BCUT2D eigenvalue weighted by atomic mass is 16.6. The Balaban J connectivity index is 2.53. The van der Waals surface area contributed by atoms with Crippen molar-refractivity contribution in [3.63, 3.8) is 0 Å². The molecule has 5 heteroatoms. The van der Waals surface area contributed by atoms with Crippen LogP contribution in [0.1, 0.15) is 25.8 Å². The number of hydrogen-bond donors (Lipinski definition) is 1. The summed E-state index contributed by atoms with van der Waals surface area (Å²) in [6.45, 7) is 4.30. The molecule has 20 heavy (non-hydrogen) atoms. The second-order valence-corrected chi connectivity index (χ2v) is 4.07. The molecule has 0 atom stereocenters. The maximum Gasteiger partial charge on any atom is 0.353 e. The molecule has 0 radical (unpaired) electrons. The molecule has 0 saturated heterocycles. The molecule has 0 bridgehead atoms. The van der Waals surface area contributed by atoms with E-state index in [2.05, 4.69) is 12.1 Å². The molecule has 0 spiro atoms. The number of para-hydroxylation sites is 1. The topological polar surface area (TPSA) is 68.1 Å². The number of ether oxygens (including phenoxy) is 1. The number of hydrogen-bond acceptors (Lipinski definition) is 4. The van der Waals surface area contributed by atoms with E-state index in [1.165, 1.54) is 6.92 Å². The quantitative estimate of drug-likeness (QED) is 0.450. The Morgan fingerprint density at radius 1 is 1.40 bits per heavy atom. The van der Waals surface area contributed by atoms with Crippen molar-refractivity contribution in [3.05, 3.63) is 35.9 Å². The highest BCUT2D eigenvalue weighted by Crippen LogP contribution is 2.19. The number of rotatable bonds is 8. The van der Waals surface area contributed by atoms with Gasteiger partial charge < -0.3 is 14.7 Å². The Hall–Kier alpha value is -2.30. The maximum absolute atomic E-state index is 10.5. The second kappa shape index (κ2) is 8.74. The van der Waals surface area contributed by atoms with E-state index < -0.39 is 5.97 Å². The van der Waals surface area contributed by atoms with E-state index in [-0.39, 0.29) is 12.3 Å². The van der Waals surface area contributed by atoms with Crippen molar-refractivity contribution in [3.8, 4) is 5.75 Å². The van der Waals surface area contributed by atoms with E-state index in [9.17, 15) is 4.79 Å². The van der Waals surface area contributed by atoms with Gasteiger partial charge in [-0.2, -0.15) is 0 Å². The lowest BCUT2D eigenvalue weighted by atomic mass is 10.2. The minimum absolute atomic E-state index is 0.0786. The number of aliphatic carboxylic acids is 1. The molecule has 0 aliphatic carbocycles. The first-order valence-electron chi connectivity index (χ1n) is 6.43. The zero-order chi connectivity index (χ0) is 14.8. The highest BCUT2D eigenvalue weighted by molar-refractivity contribution is 6.34. The average molecular weight is 277 g/mol. The third-order valence-corrected chi connectivity index (χ3v) is 2.36. The van der Waals surface area contributed by atoms with Gasteiger partial charge in [0.2, 0.25) is 0 Å². The van der Waals surface area contributed by atoms with Gasteiger partial charge in [-0.3, -0.25) is 0 Å². The van der Waals surface area contributed by atoms with Gasteiger partial charge in [-0.15, -0.1) is 0 Å². The van der Waals surface area contributed by atoms with E-state index in [1.807, 2.05) is 30.3 Å². The molecule has 1 aromatic rings. The van der Waals surface area contributed by atoms with Crippen molar-refractivity contribution in [1.29, 1.82) is 0 Å². The number of carbonyl (C=O) groups is 1. The van der Waals surface area contributed by atoms with Gasteiger partial charge in [-0.25, -0.2) is 4.79 Å². The van der Waals surface area contributed by atoms with Crippen LogP contribution in [0, 0.1) is 0 Å². The molecule has 0 fully saturated rings. The Labute approximate surface area is 118 Å². The average Bonchev–Trinajstić information content (AvgIpc) is 2.45. The molecule has 1 N–H and O–H groups in total. The zero-order valence-corrected chi connectivity index (χ0v) is 11.7. The maximum atomic E-state index is 10.5. The molecule has 0 aliphatic heterocycles. The minimum Gasteiger partial charge on any atom is -0.493 e. The molecule has 0 saturated carbocycles. The van der Waals surface area contributed by atoms with Gasteiger partial charge >= 0.3 is 5.97 Å². The number of carboxylic acids is 1. The fraction of sp³-hybridized carbons (Fsp3) is 0.333. The van der Waals surface area contributed by atoms with Gasteiger partial charge in [-0.05, 0) is 25.5 Å². The monoisotopic (exact) mass is 277 g/mol. The number of benzene rings is 1. The van der Waals surface area contributed by atoms with E-state index in [4.69, 9.17) is 14.7 Å². The first-order chi connectivity index (χ1) is 9.65. The molecule has 0 aromatic heterocycles. The van der Waals surface area contributed by atoms with Crippen molar-refractivity contribution in [2.45, 2.75) is 20.3 Å². The minimum atomic E-state index is -1.09. The second-order valence-electron chi connectivity index (χ2n) is 4.07. The standard InChI is InChI=1S/C15H19NO4/c1-3-10-19-14-9-5-4-7-13(14)8-6-11-20-16-12(2)15(17)18/h4-9H,3,10-11H2,1-2H3,(H,17,18)/b8-6+,16-12?. The molecule has 0 unspecified atom stereocenters. The van der Waals surface area contributed by atoms with Crippen molar-refractivity contribution in [2.24, 2.45) is 5.16 Å². The van der Waals surface area contributed by atoms with Gasteiger partial charge in [0.1, 0.15) is 12.4 Å². The summed E-state index contributed by atoms with van der Waals surface area (Å²) in [6.07, 6.45) is 4.56. The summed E-state index contributed by atoms with van der Waals surface area (Å²) in [7, 11) is 0. The molecular formula is C15H19NO4. The van der Waals surface area contributed by atoms with Gasteiger partial charge in [0.25, 0.3) is 0 Å². The Morgan fingerprint density at radius 2 is 2.15 bits per heavy atom. The van der Waals surface area contributed by atoms with Crippen LogP contribution in [0.4, 0.5) is 0 Å². The summed E-state index contributed by atoms with van der Waals surface area (Å²) in [5.74, 6) is -0.275. The first-order valence-corrected chi connectivity index (χ1v) is 6.43. The molecule has 0 heterocycles. The number of carboxylic acid groups (broad SMARTS) is 1. The van der Waals surface area contributed by atoms with Crippen LogP contribution in [0.25, 0.3) is 6.08 Å². The highest BCUT2D eigenvalue weighted by Gasteiger charge is 2.01. The predicted octanol–water partition coefficient (Wildman–Crippen LogP) is 2.97. The summed E-state index contributed by atoms with van der Waals surface area (Å²) in [4.78, 5) is 15.4. The Kier molecular flexibility index (Phi) is 6.89. The lowest BCUT2D eigenvalue weighted by molar-refractivity contribution is -0.129. The molecular weight excluding hydrogens is 258 g/mol. The van der Waals surface area contributed by atoms with E-state index in [0.29, 0.717) is 6.61 Å². The molecule has 0 aliphatic rings. The van der Waals surface area contributed by atoms with Crippen LogP contribution in [0.2, 0.25) is 0 Å². The van der Waals surface area contributed by atoms with Gasteiger partial charge in [0.15, 0.2) is 5.71 Å². The van der Waals surface area contributed by atoms with Crippen LogP contribution < -0.4 is 4.74 Å². The largest absolute Gasteiger partial charge is 0.493 e. The van der Waals surface area contributed by atoms with E-state index in [0.717, 1.165) is 17.7 Å². The summed E-state index contributed by atoms with van der Waals surface area (Å²) in [5.41, 5.74) is 0.869. The smallest absolute Gasteiger partial charge is 0.353 e. The van der Waals surface area contributed by atoms with Crippen molar-refractivity contribution in [2.75, 3.05) is 13.2 Å². The van der Waals surface area contributed by atoms with E-state index in [1.54, 1.807) is 6.08 Å². The van der Waals surface area contributed by atoms with Gasteiger partial charge in [-0.1, -0.05) is 36.4 Å². The zero-order valence-electron chi connectivity index (χ0n) is 11.7. The molecule has 5 nitrogen and oxygen atoms in total. The summed E-state index contributed by atoms with van der Waals surface area (Å²) in [6, 6.07) is 7.68. The summed E-state index contributed by atoms with van der Waals surface area (Å²) >= 11 is 0. The Morgan fingerprint density at radius 3 is 2.85 bits per heavy atom. The third-order valence-electron chi connectivity index (χ3n) is 2.36.